The van der Waals surface area contributed by atoms with E-state index in [1.807, 2.05) is 0 Å². The molecule has 2 rings (SSSR count). The summed E-state index contributed by atoms with van der Waals surface area (Å²) in [6, 6.07) is 0. The Bertz CT molecular complexity index is 320. The van der Waals surface area contributed by atoms with E-state index in [-0.39, 0.29) is 12.0 Å². The predicted octanol–water partition coefficient (Wildman–Crippen LogP) is 0.282. The van der Waals surface area contributed by atoms with Crippen LogP contribution in [0.25, 0.3) is 0 Å². The molecule has 1 saturated heterocycles. The van der Waals surface area contributed by atoms with Crippen molar-refractivity contribution in [2.75, 3.05) is 0 Å². The highest BCUT2D eigenvalue weighted by Crippen LogP contribution is 2.35. The quantitative estimate of drug-likeness (QED) is 0.655. The van der Waals surface area contributed by atoms with Gasteiger partial charge in [0.2, 0.25) is 0 Å². The Morgan fingerprint density at radius 1 is 1.53 bits per heavy atom. The van der Waals surface area contributed by atoms with Gasteiger partial charge in [0.1, 0.15) is 12.2 Å². The number of carboxylic acid groups (broad SMARTS) is 1. The van der Waals surface area contributed by atoms with Gasteiger partial charge in [-0.3, -0.25) is 0 Å². The molecule has 1 fully saturated rings. The fraction of sp³-hybridized carbons (Fsp3) is 0.700. The third-order valence-electron chi connectivity index (χ3n) is 2.61. The lowest BCUT2D eigenvalue weighted by Gasteiger charge is -2.25. The number of hydrogen-bond donors (Lipinski definition) is 2. The van der Waals surface area contributed by atoms with E-state index < -0.39 is 30.1 Å². The summed E-state index contributed by atoms with van der Waals surface area (Å²) in [7, 11) is 0. The van der Waals surface area contributed by atoms with Crippen LogP contribution in [0.4, 0.5) is 0 Å². The highest BCUT2D eigenvalue weighted by Gasteiger charge is 2.46. The second kappa shape index (κ2) is 3.30. The van der Waals surface area contributed by atoms with Crippen LogP contribution in [0.2, 0.25) is 0 Å². The highest BCUT2D eigenvalue weighted by atomic mass is 16.8. The Morgan fingerprint density at radius 2 is 2.20 bits per heavy atom. The van der Waals surface area contributed by atoms with Crippen molar-refractivity contribution in [2.24, 2.45) is 0 Å². The molecule has 84 valence electrons. The zero-order valence-electron chi connectivity index (χ0n) is 8.64. The molecule has 2 N–H and O–H groups in total. The minimum absolute atomic E-state index is 0.107. The fourth-order valence-electron chi connectivity index (χ4n) is 2.01. The van der Waals surface area contributed by atoms with Gasteiger partial charge in [-0.15, -0.1) is 0 Å². The van der Waals surface area contributed by atoms with Gasteiger partial charge in [0.15, 0.2) is 5.79 Å². The molecule has 0 unspecified atom stereocenters. The lowest BCUT2D eigenvalue weighted by molar-refractivity contribution is -0.152. The first-order valence-electron chi connectivity index (χ1n) is 4.87. The van der Waals surface area contributed by atoms with Gasteiger partial charge >= 0.3 is 5.97 Å². The number of aliphatic hydroxyl groups excluding tert-OH is 1. The van der Waals surface area contributed by atoms with Gasteiger partial charge in [-0.2, -0.15) is 0 Å². The first-order valence-corrected chi connectivity index (χ1v) is 4.87. The molecule has 0 amide bonds. The van der Waals surface area contributed by atoms with Crippen molar-refractivity contribution in [1.82, 2.24) is 0 Å². The zero-order valence-corrected chi connectivity index (χ0v) is 8.64. The van der Waals surface area contributed by atoms with Crippen LogP contribution in [0, 0.1) is 0 Å². The zero-order chi connectivity index (χ0) is 11.2. The van der Waals surface area contributed by atoms with Gasteiger partial charge in [-0.05, 0) is 19.9 Å². The van der Waals surface area contributed by atoms with Crippen molar-refractivity contribution in [2.45, 2.75) is 44.4 Å². The topological polar surface area (TPSA) is 76.0 Å². The Morgan fingerprint density at radius 3 is 2.80 bits per heavy atom. The van der Waals surface area contributed by atoms with E-state index in [0.717, 1.165) is 0 Å². The molecule has 15 heavy (non-hydrogen) atoms. The number of carboxylic acids is 1. The standard InChI is InChI=1S/C10H14O5/c1-10(2)14-7-4-5(9(12)13)3-6(11)8(7)15-10/h4,6-8,11H,3H2,1-2H3,(H,12,13)/t6-,7+,8-/m0/s1. The van der Waals surface area contributed by atoms with Gasteiger partial charge in [-0.25, -0.2) is 4.79 Å². The molecule has 0 bridgehead atoms. The highest BCUT2D eigenvalue weighted by molar-refractivity contribution is 5.87. The number of fused-ring (bicyclic) bond motifs is 1. The Hall–Kier alpha value is -0.910. The second-order valence-corrected chi connectivity index (χ2v) is 4.33. The molecule has 1 aliphatic heterocycles. The van der Waals surface area contributed by atoms with Crippen molar-refractivity contribution in [3.63, 3.8) is 0 Å². The number of carbonyl (C=O) groups is 1. The Kier molecular flexibility index (Phi) is 2.33. The molecule has 0 spiro atoms. The molecule has 0 aromatic rings. The number of aliphatic hydroxyl groups is 1. The average Bonchev–Trinajstić information content (AvgIpc) is 2.39. The van der Waals surface area contributed by atoms with E-state index in [2.05, 4.69) is 0 Å². The van der Waals surface area contributed by atoms with Crippen LogP contribution in [0.1, 0.15) is 20.3 Å². The predicted molar refractivity (Wildman–Crippen MR) is 50.2 cm³/mol. The van der Waals surface area contributed by atoms with Gasteiger partial charge in [0.25, 0.3) is 0 Å². The fourth-order valence-corrected chi connectivity index (χ4v) is 2.01. The van der Waals surface area contributed by atoms with Crippen molar-refractivity contribution in [1.29, 1.82) is 0 Å². The van der Waals surface area contributed by atoms with Crippen LogP contribution in [0.5, 0.6) is 0 Å². The molecular formula is C10H14O5. The van der Waals surface area contributed by atoms with E-state index >= 15 is 0 Å². The maximum Gasteiger partial charge on any atom is 0.331 e. The minimum Gasteiger partial charge on any atom is -0.478 e. The normalized spacial score (nSPS) is 38.3. The molecule has 0 aromatic heterocycles. The summed E-state index contributed by atoms with van der Waals surface area (Å²) in [6.45, 7) is 3.48. The monoisotopic (exact) mass is 214 g/mol. The summed E-state index contributed by atoms with van der Waals surface area (Å²) in [6.07, 6.45) is -0.101. The minimum atomic E-state index is -1.01. The van der Waals surface area contributed by atoms with Crippen molar-refractivity contribution in [3.05, 3.63) is 11.6 Å². The largest absolute Gasteiger partial charge is 0.478 e. The third kappa shape index (κ3) is 1.90. The van der Waals surface area contributed by atoms with E-state index in [1.165, 1.54) is 6.08 Å². The summed E-state index contributed by atoms with van der Waals surface area (Å²) in [5, 5.41) is 18.6. The van der Waals surface area contributed by atoms with Crippen LogP contribution in [0.15, 0.2) is 11.6 Å². The number of aliphatic carboxylic acids is 1. The Balaban J connectivity index is 2.24. The van der Waals surface area contributed by atoms with Gasteiger partial charge in [-0.1, -0.05) is 0 Å². The van der Waals surface area contributed by atoms with Crippen molar-refractivity contribution in [3.8, 4) is 0 Å². The molecular weight excluding hydrogens is 200 g/mol. The van der Waals surface area contributed by atoms with E-state index in [0.29, 0.717) is 0 Å². The lowest BCUT2D eigenvalue weighted by atomic mass is 9.92. The molecule has 0 radical (unpaired) electrons. The molecule has 3 atom stereocenters. The van der Waals surface area contributed by atoms with Crippen LogP contribution >= 0.6 is 0 Å². The SMILES string of the molecule is CC1(C)O[C@H]2[C@@H](O)CC(C(=O)O)=C[C@H]2O1. The summed E-state index contributed by atoms with van der Waals surface area (Å²) < 4.78 is 11.0. The molecule has 1 aliphatic carbocycles. The summed E-state index contributed by atoms with van der Waals surface area (Å²) in [5.74, 6) is -1.78. The molecule has 2 aliphatic rings. The van der Waals surface area contributed by atoms with E-state index in [4.69, 9.17) is 14.6 Å². The average molecular weight is 214 g/mol. The summed E-state index contributed by atoms with van der Waals surface area (Å²) in [4.78, 5) is 10.8. The van der Waals surface area contributed by atoms with Gasteiger partial charge in [0.05, 0.1) is 6.10 Å². The van der Waals surface area contributed by atoms with Crippen LogP contribution in [0.3, 0.4) is 0 Å². The Labute approximate surface area is 87.3 Å². The van der Waals surface area contributed by atoms with Crippen LogP contribution in [-0.2, 0) is 14.3 Å². The number of hydrogen-bond acceptors (Lipinski definition) is 4. The van der Waals surface area contributed by atoms with E-state index in [9.17, 15) is 9.90 Å². The van der Waals surface area contributed by atoms with Crippen molar-refractivity contribution < 1.29 is 24.5 Å². The maximum atomic E-state index is 10.8. The first kappa shape index (κ1) is 10.6. The molecule has 5 nitrogen and oxygen atoms in total. The molecule has 1 heterocycles. The maximum absolute atomic E-state index is 10.8. The second-order valence-electron chi connectivity index (χ2n) is 4.33. The van der Waals surface area contributed by atoms with Gasteiger partial charge in [0, 0.05) is 12.0 Å². The molecule has 0 saturated carbocycles. The summed E-state index contributed by atoms with van der Waals surface area (Å²) in [5.41, 5.74) is 0.185. The summed E-state index contributed by atoms with van der Waals surface area (Å²) >= 11 is 0. The van der Waals surface area contributed by atoms with Crippen molar-refractivity contribution >= 4 is 5.97 Å². The van der Waals surface area contributed by atoms with Crippen LogP contribution in [-0.4, -0.2) is 40.3 Å². The smallest absolute Gasteiger partial charge is 0.331 e. The number of ether oxygens (including phenoxy) is 2. The third-order valence-corrected chi connectivity index (χ3v) is 2.61. The lowest BCUT2D eigenvalue weighted by Crippen LogP contribution is -2.39. The van der Waals surface area contributed by atoms with E-state index in [1.54, 1.807) is 13.8 Å². The number of rotatable bonds is 1. The van der Waals surface area contributed by atoms with Crippen LogP contribution < -0.4 is 0 Å². The first-order chi connectivity index (χ1) is 6.89. The molecule has 5 heteroatoms. The van der Waals surface area contributed by atoms with Gasteiger partial charge < -0.3 is 19.7 Å². The molecule has 0 aromatic carbocycles.